The number of hydrogen-bond donors (Lipinski definition) is 2. The van der Waals surface area contributed by atoms with Crippen LogP contribution < -0.4 is 14.8 Å². The number of nitrogens with one attached hydrogen (secondary N) is 1. The first kappa shape index (κ1) is 16.3. The third-order valence-corrected chi connectivity index (χ3v) is 2.90. The normalized spacial score (nSPS) is 11.9. The van der Waals surface area contributed by atoms with Gasteiger partial charge in [-0.3, -0.25) is 0 Å². The summed E-state index contributed by atoms with van der Waals surface area (Å²) in [7, 11) is 1.55. The highest BCUT2D eigenvalue weighted by Gasteiger charge is 2.18. The molecule has 0 spiro atoms. The van der Waals surface area contributed by atoms with E-state index in [2.05, 4.69) is 12.2 Å². The topological polar surface area (TPSA) is 67.8 Å². The van der Waals surface area contributed by atoms with Gasteiger partial charge in [-0.2, -0.15) is 0 Å². The Morgan fingerprint density at radius 1 is 1.35 bits per heavy atom. The largest absolute Gasteiger partial charge is 0.493 e. The van der Waals surface area contributed by atoms with Gasteiger partial charge >= 0.3 is 5.97 Å². The molecule has 5 heteroatoms. The van der Waals surface area contributed by atoms with E-state index in [1.807, 2.05) is 12.1 Å². The van der Waals surface area contributed by atoms with Crippen molar-refractivity contribution >= 4 is 5.97 Å². The average Bonchev–Trinajstić information content (AvgIpc) is 2.45. The predicted octanol–water partition coefficient (Wildman–Crippen LogP) is 2.44. The molecule has 0 aromatic heterocycles. The lowest BCUT2D eigenvalue weighted by molar-refractivity contribution is -0.145. The quantitative estimate of drug-likeness (QED) is 0.680. The summed E-state index contributed by atoms with van der Waals surface area (Å²) in [6.07, 6.45) is 0.626. The highest BCUT2D eigenvalue weighted by atomic mass is 16.5. The minimum Gasteiger partial charge on any atom is -0.493 e. The van der Waals surface area contributed by atoms with Crippen LogP contribution in [0.1, 0.15) is 32.3 Å². The van der Waals surface area contributed by atoms with Crippen LogP contribution in [-0.2, 0) is 11.3 Å². The number of hydrogen-bond acceptors (Lipinski definition) is 4. The lowest BCUT2D eigenvalue weighted by atomic mass is 10.2. The molecule has 1 atom stereocenters. The summed E-state index contributed by atoms with van der Waals surface area (Å²) in [5, 5.41) is 12.3. The molecule has 1 aromatic rings. The summed E-state index contributed by atoms with van der Waals surface area (Å²) in [6, 6.07) is 5.54. The van der Waals surface area contributed by atoms with E-state index in [1.54, 1.807) is 20.1 Å². The Hall–Kier alpha value is -1.75. The van der Waals surface area contributed by atoms with Gasteiger partial charge in [-0.25, -0.2) is 4.79 Å². The van der Waals surface area contributed by atoms with Gasteiger partial charge in [-0.1, -0.05) is 19.9 Å². The molecule has 0 bridgehead atoms. The fraction of sp³-hybridized carbons (Fsp3) is 0.533. The number of methoxy groups -OCH3 is 1. The Kier molecular flexibility index (Phi) is 6.87. The number of carboxylic acids is 1. The van der Waals surface area contributed by atoms with Gasteiger partial charge in [0.05, 0.1) is 7.11 Å². The van der Waals surface area contributed by atoms with Crippen molar-refractivity contribution in [2.75, 3.05) is 13.7 Å². The summed E-state index contributed by atoms with van der Waals surface area (Å²) in [4.78, 5) is 11.0. The van der Waals surface area contributed by atoms with Crippen molar-refractivity contribution in [3.63, 3.8) is 0 Å². The van der Waals surface area contributed by atoms with Crippen LogP contribution in [-0.4, -0.2) is 30.8 Å². The highest BCUT2D eigenvalue weighted by molar-refractivity contribution is 5.72. The molecule has 0 aliphatic rings. The first-order valence-corrected chi connectivity index (χ1v) is 6.89. The molecule has 1 unspecified atom stereocenters. The number of carbonyl (C=O) groups is 1. The van der Waals surface area contributed by atoms with Gasteiger partial charge in [0.1, 0.15) is 0 Å². The van der Waals surface area contributed by atoms with Crippen molar-refractivity contribution in [1.82, 2.24) is 5.32 Å². The molecule has 20 heavy (non-hydrogen) atoms. The number of rotatable bonds is 9. The number of aliphatic carboxylic acids is 1. The van der Waals surface area contributed by atoms with Crippen molar-refractivity contribution in [2.24, 2.45) is 0 Å². The molecular formula is C15H23NO4. The van der Waals surface area contributed by atoms with Crippen LogP contribution in [0.2, 0.25) is 0 Å². The third-order valence-electron chi connectivity index (χ3n) is 2.90. The molecule has 0 aliphatic heterocycles. The molecule has 0 saturated carbocycles. The predicted molar refractivity (Wildman–Crippen MR) is 77.3 cm³/mol. The summed E-state index contributed by atoms with van der Waals surface area (Å²) in [5.41, 5.74) is 1.08. The second-order valence-electron chi connectivity index (χ2n) is 4.51. The molecule has 0 saturated heterocycles. The minimum atomic E-state index is -0.969. The molecule has 0 aliphatic carbocycles. The fourth-order valence-electron chi connectivity index (χ4n) is 1.79. The Bertz CT molecular complexity index is 434. The Balaban J connectivity index is 2.79. The van der Waals surface area contributed by atoms with E-state index in [9.17, 15) is 4.79 Å². The van der Waals surface area contributed by atoms with Crippen LogP contribution in [0, 0.1) is 0 Å². The van der Waals surface area contributed by atoms with E-state index in [0.29, 0.717) is 17.9 Å². The van der Waals surface area contributed by atoms with E-state index in [-0.39, 0.29) is 0 Å². The molecule has 112 valence electrons. The van der Waals surface area contributed by atoms with Gasteiger partial charge in [0, 0.05) is 6.54 Å². The van der Waals surface area contributed by atoms with Gasteiger partial charge in [-0.15, -0.1) is 0 Å². The summed E-state index contributed by atoms with van der Waals surface area (Å²) in [5.74, 6) is 0.0460. The molecule has 0 amide bonds. The second-order valence-corrected chi connectivity index (χ2v) is 4.51. The van der Waals surface area contributed by atoms with E-state index in [0.717, 1.165) is 25.1 Å². The maximum atomic E-state index is 11.0. The van der Waals surface area contributed by atoms with Crippen LogP contribution in [0.5, 0.6) is 11.5 Å². The lowest BCUT2D eigenvalue weighted by Gasteiger charge is -2.16. The van der Waals surface area contributed by atoms with Crippen LogP contribution in [0.15, 0.2) is 18.2 Å². The average molecular weight is 281 g/mol. The summed E-state index contributed by atoms with van der Waals surface area (Å²) >= 11 is 0. The molecule has 0 heterocycles. The van der Waals surface area contributed by atoms with Gasteiger partial charge < -0.3 is 19.9 Å². The van der Waals surface area contributed by atoms with Crippen molar-refractivity contribution in [3.8, 4) is 11.5 Å². The van der Waals surface area contributed by atoms with Gasteiger partial charge in [0.25, 0.3) is 0 Å². The molecular weight excluding hydrogens is 258 g/mol. The summed E-state index contributed by atoms with van der Waals surface area (Å²) < 4.78 is 10.8. The first-order chi connectivity index (χ1) is 9.62. The van der Waals surface area contributed by atoms with Crippen LogP contribution in [0.25, 0.3) is 0 Å². The SMILES string of the molecule is CCCNCc1ccc(OC(CC)C(=O)O)c(OC)c1. The van der Waals surface area contributed by atoms with Gasteiger partial charge in [0.2, 0.25) is 0 Å². The van der Waals surface area contributed by atoms with Crippen molar-refractivity contribution in [3.05, 3.63) is 23.8 Å². The molecule has 5 nitrogen and oxygen atoms in total. The summed E-state index contributed by atoms with van der Waals surface area (Å²) in [6.45, 7) is 5.59. The van der Waals surface area contributed by atoms with Gasteiger partial charge in [-0.05, 0) is 37.1 Å². The van der Waals surface area contributed by atoms with Gasteiger partial charge in [0.15, 0.2) is 17.6 Å². The minimum absolute atomic E-state index is 0.401. The molecule has 2 N–H and O–H groups in total. The van der Waals surface area contributed by atoms with Crippen LogP contribution in [0.3, 0.4) is 0 Å². The molecule has 1 aromatic carbocycles. The Morgan fingerprint density at radius 3 is 2.65 bits per heavy atom. The van der Waals surface area contributed by atoms with E-state index >= 15 is 0 Å². The van der Waals surface area contributed by atoms with Crippen molar-refractivity contribution < 1.29 is 19.4 Å². The zero-order valence-corrected chi connectivity index (χ0v) is 12.3. The maximum absolute atomic E-state index is 11.0. The third kappa shape index (κ3) is 4.74. The lowest BCUT2D eigenvalue weighted by Crippen LogP contribution is -2.26. The number of benzene rings is 1. The smallest absolute Gasteiger partial charge is 0.344 e. The molecule has 1 rings (SSSR count). The standard InChI is InChI=1S/C15H23NO4/c1-4-8-16-10-11-6-7-13(14(9-11)19-3)20-12(5-2)15(17)18/h6-7,9,12,16H,4-5,8,10H2,1-3H3,(H,17,18). The van der Waals surface area contributed by atoms with E-state index in [1.165, 1.54) is 0 Å². The maximum Gasteiger partial charge on any atom is 0.344 e. The zero-order chi connectivity index (χ0) is 15.0. The monoisotopic (exact) mass is 281 g/mol. The number of ether oxygens (including phenoxy) is 2. The second kappa shape index (κ2) is 8.43. The van der Waals surface area contributed by atoms with E-state index < -0.39 is 12.1 Å². The zero-order valence-electron chi connectivity index (χ0n) is 12.3. The molecule has 0 radical (unpaired) electrons. The van der Waals surface area contributed by atoms with Crippen molar-refractivity contribution in [1.29, 1.82) is 0 Å². The fourth-order valence-corrected chi connectivity index (χ4v) is 1.79. The number of carboxylic acid groups (broad SMARTS) is 1. The Morgan fingerprint density at radius 2 is 2.10 bits per heavy atom. The van der Waals surface area contributed by atoms with Crippen molar-refractivity contribution in [2.45, 2.75) is 39.3 Å². The van der Waals surface area contributed by atoms with Crippen LogP contribution >= 0.6 is 0 Å². The highest BCUT2D eigenvalue weighted by Crippen LogP contribution is 2.29. The first-order valence-electron chi connectivity index (χ1n) is 6.89. The Labute approximate surface area is 119 Å². The van der Waals surface area contributed by atoms with E-state index in [4.69, 9.17) is 14.6 Å². The van der Waals surface area contributed by atoms with Crippen LogP contribution in [0.4, 0.5) is 0 Å². The molecule has 0 fully saturated rings.